The standard InChI is InChI=1S/C17H21N3O2S2/c1-22-14-9-7-12(8-10-14)15(21)11-23-17-20-19-16(24-17)18-13-5-3-2-4-6-13/h7-10,13H,2-6,11H2,1H3,(H,18,19). The van der Waals surface area contributed by atoms with Gasteiger partial charge in [0.1, 0.15) is 5.75 Å². The van der Waals surface area contributed by atoms with Crippen LogP contribution in [0.1, 0.15) is 42.5 Å². The molecule has 0 radical (unpaired) electrons. The molecule has 128 valence electrons. The van der Waals surface area contributed by atoms with Crippen molar-refractivity contribution in [3.05, 3.63) is 29.8 Å². The number of hydrogen-bond acceptors (Lipinski definition) is 7. The Morgan fingerprint density at radius 3 is 2.71 bits per heavy atom. The number of benzene rings is 1. The first-order chi connectivity index (χ1) is 11.7. The van der Waals surface area contributed by atoms with Gasteiger partial charge in [0, 0.05) is 11.6 Å². The van der Waals surface area contributed by atoms with Gasteiger partial charge < -0.3 is 10.1 Å². The molecule has 7 heteroatoms. The van der Waals surface area contributed by atoms with Gasteiger partial charge in [-0.2, -0.15) is 0 Å². The minimum absolute atomic E-state index is 0.0830. The molecule has 5 nitrogen and oxygen atoms in total. The minimum Gasteiger partial charge on any atom is -0.497 e. The van der Waals surface area contributed by atoms with Crippen molar-refractivity contribution in [2.75, 3.05) is 18.2 Å². The molecular weight excluding hydrogens is 342 g/mol. The molecule has 1 N–H and O–H groups in total. The third-order valence-corrected chi connectivity index (χ3v) is 6.07. The summed E-state index contributed by atoms with van der Waals surface area (Å²) < 4.78 is 5.93. The maximum atomic E-state index is 12.2. The van der Waals surface area contributed by atoms with Gasteiger partial charge in [-0.1, -0.05) is 42.4 Å². The molecule has 1 aliphatic rings. The molecule has 0 aliphatic heterocycles. The summed E-state index contributed by atoms with van der Waals surface area (Å²) in [4.78, 5) is 12.2. The number of anilines is 1. The maximum absolute atomic E-state index is 12.2. The monoisotopic (exact) mass is 363 g/mol. The Balaban J connectivity index is 1.49. The molecule has 1 aliphatic carbocycles. The van der Waals surface area contributed by atoms with Crippen LogP contribution < -0.4 is 10.1 Å². The van der Waals surface area contributed by atoms with E-state index in [0.717, 1.165) is 15.2 Å². The Bertz CT molecular complexity index is 667. The fraction of sp³-hybridized carbons (Fsp3) is 0.471. The van der Waals surface area contributed by atoms with Crippen molar-refractivity contribution in [1.82, 2.24) is 10.2 Å². The molecule has 1 aromatic carbocycles. The third-order valence-electron chi connectivity index (χ3n) is 4.08. The quantitative estimate of drug-likeness (QED) is 0.585. The Labute approximate surface area is 150 Å². The highest BCUT2D eigenvalue weighted by Gasteiger charge is 2.16. The van der Waals surface area contributed by atoms with Crippen molar-refractivity contribution in [2.45, 2.75) is 42.5 Å². The van der Waals surface area contributed by atoms with Gasteiger partial charge in [-0.25, -0.2) is 0 Å². The van der Waals surface area contributed by atoms with Crippen molar-refractivity contribution < 1.29 is 9.53 Å². The van der Waals surface area contributed by atoms with E-state index in [-0.39, 0.29) is 5.78 Å². The summed E-state index contributed by atoms with van der Waals surface area (Å²) in [6.45, 7) is 0. The molecule has 1 heterocycles. The molecule has 1 fully saturated rings. The van der Waals surface area contributed by atoms with Crippen LogP contribution in [-0.4, -0.2) is 34.9 Å². The van der Waals surface area contributed by atoms with E-state index >= 15 is 0 Å². The number of ether oxygens (including phenoxy) is 1. The molecule has 2 aromatic rings. The van der Waals surface area contributed by atoms with E-state index in [1.54, 1.807) is 31.4 Å². The molecule has 0 atom stereocenters. The van der Waals surface area contributed by atoms with Crippen LogP contribution in [-0.2, 0) is 0 Å². The summed E-state index contributed by atoms with van der Waals surface area (Å²) in [5.41, 5.74) is 0.688. The van der Waals surface area contributed by atoms with Gasteiger partial charge in [0.25, 0.3) is 0 Å². The van der Waals surface area contributed by atoms with E-state index in [1.807, 2.05) is 0 Å². The summed E-state index contributed by atoms with van der Waals surface area (Å²) in [6, 6.07) is 7.70. The van der Waals surface area contributed by atoms with Crippen LogP contribution in [0.25, 0.3) is 0 Å². The van der Waals surface area contributed by atoms with Crippen LogP contribution in [0.4, 0.5) is 5.13 Å². The van der Waals surface area contributed by atoms with Crippen molar-refractivity contribution in [2.24, 2.45) is 0 Å². The highest BCUT2D eigenvalue weighted by Crippen LogP contribution is 2.28. The zero-order valence-corrected chi connectivity index (χ0v) is 15.3. The normalized spacial score (nSPS) is 15.2. The summed E-state index contributed by atoms with van der Waals surface area (Å²) >= 11 is 2.97. The molecule has 1 aromatic heterocycles. The second-order valence-electron chi connectivity index (χ2n) is 5.79. The lowest BCUT2D eigenvalue weighted by Gasteiger charge is -2.21. The number of nitrogens with one attached hydrogen (secondary N) is 1. The van der Waals surface area contributed by atoms with Gasteiger partial charge in [0.15, 0.2) is 10.1 Å². The van der Waals surface area contributed by atoms with E-state index in [9.17, 15) is 4.79 Å². The van der Waals surface area contributed by atoms with E-state index in [1.165, 1.54) is 55.2 Å². The van der Waals surface area contributed by atoms with Gasteiger partial charge in [-0.3, -0.25) is 4.79 Å². The van der Waals surface area contributed by atoms with Crippen molar-refractivity contribution >= 4 is 34.0 Å². The summed E-state index contributed by atoms with van der Waals surface area (Å²) in [5, 5.41) is 12.7. The predicted octanol–water partition coefficient (Wildman–Crippen LogP) is 4.27. The van der Waals surface area contributed by atoms with Gasteiger partial charge in [-0.05, 0) is 37.1 Å². The van der Waals surface area contributed by atoms with E-state index in [4.69, 9.17) is 4.74 Å². The third kappa shape index (κ3) is 4.70. The number of aromatic nitrogens is 2. The zero-order chi connectivity index (χ0) is 16.8. The number of nitrogens with zero attached hydrogens (tertiary/aromatic N) is 2. The predicted molar refractivity (Wildman–Crippen MR) is 98.5 cm³/mol. The largest absolute Gasteiger partial charge is 0.497 e. The molecule has 0 bridgehead atoms. The topological polar surface area (TPSA) is 64.1 Å². The number of rotatable bonds is 7. The fourth-order valence-corrected chi connectivity index (χ4v) is 4.46. The molecule has 0 unspecified atom stereocenters. The van der Waals surface area contributed by atoms with Gasteiger partial charge >= 0.3 is 0 Å². The van der Waals surface area contributed by atoms with Crippen LogP contribution in [0.15, 0.2) is 28.6 Å². The first-order valence-electron chi connectivity index (χ1n) is 8.14. The second kappa shape index (κ2) is 8.48. The number of ketones is 1. The first-order valence-corrected chi connectivity index (χ1v) is 9.95. The number of methoxy groups -OCH3 is 1. The highest BCUT2D eigenvalue weighted by molar-refractivity contribution is 8.01. The lowest BCUT2D eigenvalue weighted by atomic mass is 9.96. The zero-order valence-electron chi connectivity index (χ0n) is 13.7. The highest BCUT2D eigenvalue weighted by atomic mass is 32.2. The Morgan fingerprint density at radius 1 is 1.25 bits per heavy atom. The molecule has 24 heavy (non-hydrogen) atoms. The van der Waals surface area contributed by atoms with Gasteiger partial charge in [-0.15, -0.1) is 10.2 Å². The Kier molecular flexibility index (Phi) is 6.09. The molecular formula is C17H21N3O2S2. The Hall–Kier alpha value is -1.60. The molecule has 3 rings (SSSR count). The first kappa shape index (κ1) is 17.2. The van der Waals surface area contributed by atoms with E-state index in [0.29, 0.717) is 17.4 Å². The summed E-state index contributed by atoms with van der Waals surface area (Å²) in [7, 11) is 1.61. The van der Waals surface area contributed by atoms with Crippen molar-refractivity contribution in [3.63, 3.8) is 0 Å². The fourth-order valence-electron chi connectivity index (χ4n) is 2.74. The average Bonchev–Trinajstić information content (AvgIpc) is 3.08. The molecule has 0 spiro atoms. The van der Waals surface area contributed by atoms with Crippen molar-refractivity contribution in [1.29, 1.82) is 0 Å². The van der Waals surface area contributed by atoms with E-state index < -0.39 is 0 Å². The lowest BCUT2D eigenvalue weighted by molar-refractivity contribution is 0.102. The summed E-state index contributed by atoms with van der Waals surface area (Å²) in [6.07, 6.45) is 6.32. The van der Waals surface area contributed by atoms with Gasteiger partial charge in [0.2, 0.25) is 5.13 Å². The lowest BCUT2D eigenvalue weighted by Crippen LogP contribution is -2.21. The Morgan fingerprint density at radius 2 is 2.00 bits per heavy atom. The van der Waals surface area contributed by atoms with Crippen LogP contribution in [0.5, 0.6) is 5.75 Å². The second-order valence-corrected chi connectivity index (χ2v) is 7.99. The van der Waals surface area contributed by atoms with Crippen LogP contribution in [0.2, 0.25) is 0 Å². The smallest absolute Gasteiger partial charge is 0.206 e. The van der Waals surface area contributed by atoms with Crippen LogP contribution in [0.3, 0.4) is 0 Å². The number of hydrogen-bond donors (Lipinski definition) is 1. The van der Waals surface area contributed by atoms with Crippen LogP contribution in [0, 0.1) is 0 Å². The molecule has 0 saturated heterocycles. The number of carbonyl (C=O) groups excluding carboxylic acids is 1. The van der Waals surface area contributed by atoms with Gasteiger partial charge in [0.05, 0.1) is 12.9 Å². The van der Waals surface area contributed by atoms with Crippen LogP contribution >= 0.6 is 23.1 Å². The van der Waals surface area contributed by atoms with E-state index in [2.05, 4.69) is 15.5 Å². The number of thioether (sulfide) groups is 1. The average molecular weight is 364 g/mol. The molecule has 0 amide bonds. The molecule has 1 saturated carbocycles. The number of carbonyl (C=O) groups is 1. The minimum atomic E-state index is 0.0830. The maximum Gasteiger partial charge on any atom is 0.206 e. The number of Topliss-reactive ketones (excluding diaryl/α,β-unsaturated/α-hetero) is 1. The van der Waals surface area contributed by atoms with Crippen molar-refractivity contribution in [3.8, 4) is 5.75 Å². The SMILES string of the molecule is COc1ccc(C(=O)CSc2nnc(NC3CCCCC3)s2)cc1. The summed E-state index contributed by atoms with van der Waals surface area (Å²) in [5.74, 6) is 1.20.